The molecule has 9 heteroatoms. The summed E-state index contributed by atoms with van der Waals surface area (Å²) in [5.74, 6) is -1.07. The van der Waals surface area contributed by atoms with E-state index in [1.807, 2.05) is 0 Å². The standard InChI is InChI=1S/C14H11BrF3NO4/c1-2-21-13(20)11-10(7-15)23-19-12(11)8-5-3-4-6-9(8)22-14(16,17)18/h3-6H,2,7H2,1H3. The van der Waals surface area contributed by atoms with Gasteiger partial charge in [0.2, 0.25) is 0 Å². The SMILES string of the molecule is CCOC(=O)c1c(-c2ccccc2OC(F)(F)F)noc1CBr. The highest BCUT2D eigenvalue weighted by atomic mass is 79.9. The number of carbonyl (C=O) groups is 1. The summed E-state index contributed by atoms with van der Waals surface area (Å²) in [5.41, 5.74) is -0.136. The van der Waals surface area contributed by atoms with Crippen LogP contribution in [-0.4, -0.2) is 24.1 Å². The van der Waals surface area contributed by atoms with Crippen LogP contribution in [0.25, 0.3) is 11.3 Å². The first kappa shape index (κ1) is 17.3. The Bertz CT molecular complexity index is 700. The van der Waals surface area contributed by atoms with Gasteiger partial charge < -0.3 is 14.0 Å². The van der Waals surface area contributed by atoms with E-state index in [4.69, 9.17) is 9.26 Å². The Kier molecular flexibility index (Phi) is 5.30. The molecule has 23 heavy (non-hydrogen) atoms. The van der Waals surface area contributed by atoms with E-state index >= 15 is 0 Å². The number of aromatic nitrogens is 1. The summed E-state index contributed by atoms with van der Waals surface area (Å²) in [6, 6.07) is 5.34. The Morgan fingerprint density at radius 1 is 1.35 bits per heavy atom. The molecule has 0 unspecified atom stereocenters. The van der Waals surface area contributed by atoms with Crippen LogP contribution < -0.4 is 4.74 Å². The van der Waals surface area contributed by atoms with Gasteiger partial charge in [0, 0.05) is 5.56 Å². The fourth-order valence-corrected chi connectivity index (χ4v) is 2.27. The number of carbonyl (C=O) groups excluding carboxylic acids is 1. The zero-order valence-corrected chi connectivity index (χ0v) is 13.4. The summed E-state index contributed by atoms with van der Waals surface area (Å²) < 4.78 is 51.5. The molecule has 0 aliphatic rings. The molecule has 0 amide bonds. The number of esters is 1. The van der Waals surface area contributed by atoms with Gasteiger partial charge >= 0.3 is 12.3 Å². The van der Waals surface area contributed by atoms with E-state index < -0.39 is 18.1 Å². The van der Waals surface area contributed by atoms with Gasteiger partial charge in [0.15, 0.2) is 5.76 Å². The molecule has 0 fully saturated rings. The van der Waals surface area contributed by atoms with E-state index in [1.165, 1.54) is 18.2 Å². The minimum Gasteiger partial charge on any atom is -0.462 e. The van der Waals surface area contributed by atoms with E-state index in [9.17, 15) is 18.0 Å². The molecule has 0 bridgehead atoms. The lowest BCUT2D eigenvalue weighted by molar-refractivity contribution is -0.274. The second-order valence-electron chi connectivity index (χ2n) is 4.23. The molecule has 0 saturated heterocycles. The Morgan fingerprint density at radius 2 is 2.04 bits per heavy atom. The van der Waals surface area contributed by atoms with Crippen LogP contribution in [0.15, 0.2) is 28.8 Å². The topological polar surface area (TPSA) is 61.6 Å². The van der Waals surface area contributed by atoms with Crippen molar-refractivity contribution in [2.24, 2.45) is 0 Å². The van der Waals surface area contributed by atoms with Gasteiger partial charge in [-0.2, -0.15) is 0 Å². The first-order valence-electron chi connectivity index (χ1n) is 6.44. The monoisotopic (exact) mass is 393 g/mol. The number of nitrogens with zero attached hydrogens (tertiary/aromatic N) is 1. The second kappa shape index (κ2) is 7.03. The van der Waals surface area contributed by atoms with Crippen molar-refractivity contribution in [2.45, 2.75) is 18.6 Å². The van der Waals surface area contributed by atoms with Crippen LogP contribution >= 0.6 is 15.9 Å². The van der Waals surface area contributed by atoms with E-state index in [-0.39, 0.29) is 34.5 Å². The smallest absolute Gasteiger partial charge is 0.462 e. The predicted octanol–water partition coefficient (Wildman–Crippen LogP) is 4.31. The summed E-state index contributed by atoms with van der Waals surface area (Å²) in [7, 11) is 0. The average Bonchev–Trinajstić information content (AvgIpc) is 2.90. The molecule has 0 aliphatic heterocycles. The summed E-state index contributed by atoms with van der Waals surface area (Å²) >= 11 is 3.13. The van der Waals surface area contributed by atoms with Crippen molar-refractivity contribution in [1.29, 1.82) is 0 Å². The van der Waals surface area contributed by atoms with Gasteiger partial charge in [0.05, 0.1) is 11.9 Å². The Morgan fingerprint density at radius 3 is 2.65 bits per heavy atom. The highest BCUT2D eigenvalue weighted by Crippen LogP contribution is 2.36. The molecule has 0 N–H and O–H groups in total. The van der Waals surface area contributed by atoms with E-state index in [0.29, 0.717) is 0 Å². The Hall–Kier alpha value is -2.03. The highest BCUT2D eigenvalue weighted by Gasteiger charge is 2.34. The molecule has 0 saturated carbocycles. The molecule has 0 radical (unpaired) electrons. The number of hydrogen-bond acceptors (Lipinski definition) is 5. The van der Waals surface area contributed by atoms with Crippen LogP contribution in [0.5, 0.6) is 5.75 Å². The zero-order chi connectivity index (χ0) is 17.0. The Labute approximate surface area is 137 Å². The third-order valence-corrected chi connectivity index (χ3v) is 3.24. The quantitative estimate of drug-likeness (QED) is 0.559. The number of halogens is 4. The number of para-hydroxylation sites is 1. The molecule has 2 rings (SSSR count). The number of hydrogen-bond donors (Lipinski definition) is 0. The lowest BCUT2D eigenvalue weighted by Gasteiger charge is -2.12. The van der Waals surface area contributed by atoms with Crippen molar-refractivity contribution in [1.82, 2.24) is 5.16 Å². The summed E-state index contributed by atoms with van der Waals surface area (Å²) in [5, 5.41) is 3.85. The molecule has 124 valence electrons. The van der Waals surface area contributed by atoms with Crippen LogP contribution in [0.4, 0.5) is 13.2 Å². The van der Waals surface area contributed by atoms with Crippen molar-refractivity contribution in [2.75, 3.05) is 6.61 Å². The van der Waals surface area contributed by atoms with Crippen LogP contribution in [-0.2, 0) is 10.1 Å². The van der Waals surface area contributed by atoms with E-state index in [1.54, 1.807) is 6.92 Å². The van der Waals surface area contributed by atoms with Crippen LogP contribution in [0.1, 0.15) is 23.0 Å². The summed E-state index contributed by atoms with van der Waals surface area (Å²) in [6.45, 7) is 1.71. The average molecular weight is 394 g/mol. The highest BCUT2D eigenvalue weighted by molar-refractivity contribution is 9.08. The lowest BCUT2D eigenvalue weighted by atomic mass is 10.1. The second-order valence-corrected chi connectivity index (χ2v) is 4.79. The fraction of sp³-hybridized carbons (Fsp3) is 0.286. The zero-order valence-electron chi connectivity index (χ0n) is 11.8. The van der Waals surface area contributed by atoms with Crippen molar-refractivity contribution in [3.63, 3.8) is 0 Å². The van der Waals surface area contributed by atoms with Crippen molar-refractivity contribution in [3.8, 4) is 17.0 Å². The minimum atomic E-state index is -4.87. The van der Waals surface area contributed by atoms with Gasteiger partial charge in [0.25, 0.3) is 0 Å². The van der Waals surface area contributed by atoms with Crippen molar-refractivity contribution >= 4 is 21.9 Å². The fourth-order valence-electron chi connectivity index (χ4n) is 1.89. The molecule has 0 aliphatic carbocycles. The molecule has 0 spiro atoms. The van der Waals surface area contributed by atoms with Gasteiger partial charge in [-0.1, -0.05) is 33.2 Å². The molecule has 5 nitrogen and oxygen atoms in total. The summed E-state index contributed by atoms with van der Waals surface area (Å²) in [6.07, 6.45) is -4.87. The maximum atomic E-state index is 12.5. The number of benzene rings is 1. The van der Waals surface area contributed by atoms with Gasteiger partial charge in [-0.15, -0.1) is 13.2 Å². The Balaban J connectivity index is 2.55. The van der Waals surface area contributed by atoms with Crippen molar-refractivity contribution in [3.05, 3.63) is 35.6 Å². The summed E-state index contributed by atoms with van der Waals surface area (Å²) in [4.78, 5) is 12.1. The maximum Gasteiger partial charge on any atom is 0.573 e. The largest absolute Gasteiger partial charge is 0.573 e. The molecule has 1 aromatic carbocycles. The minimum absolute atomic E-state index is 0.0242. The first-order valence-corrected chi connectivity index (χ1v) is 7.56. The number of rotatable bonds is 5. The van der Waals surface area contributed by atoms with Gasteiger partial charge in [0.1, 0.15) is 17.0 Å². The van der Waals surface area contributed by atoms with Crippen molar-refractivity contribution < 1.29 is 32.0 Å². The molecular weight excluding hydrogens is 383 g/mol. The van der Waals surface area contributed by atoms with Gasteiger partial charge in [-0.3, -0.25) is 0 Å². The van der Waals surface area contributed by atoms with Crippen LogP contribution in [0.2, 0.25) is 0 Å². The number of alkyl halides is 4. The predicted molar refractivity (Wildman–Crippen MR) is 77.2 cm³/mol. The lowest BCUT2D eigenvalue weighted by Crippen LogP contribution is -2.17. The molecule has 1 heterocycles. The van der Waals surface area contributed by atoms with Crippen LogP contribution in [0, 0.1) is 0 Å². The molecular formula is C14H11BrF3NO4. The molecule has 0 atom stereocenters. The van der Waals surface area contributed by atoms with Gasteiger partial charge in [-0.25, -0.2) is 4.79 Å². The number of ether oxygens (including phenoxy) is 2. The normalized spacial score (nSPS) is 11.3. The van der Waals surface area contributed by atoms with E-state index in [0.717, 1.165) is 6.07 Å². The third-order valence-electron chi connectivity index (χ3n) is 2.73. The van der Waals surface area contributed by atoms with E-state index in [2.05, 4.69) is 25.8 Å². The maximum absolute atomic E-state index is 12.5. The molecule has 1 aromatic heterocycles. The third kappa shape index (κ3) is 4.04. The molecule has 2 aromatic rings. The van der Waals surface area contributed by atoms with Crippen LogP contribution in [0.3, 0.4) is 0 Å². The first-order chi connectivity index (χ1) is 10.9. The van der Waals surface area contributed by atoms with Gasteiger partial charge in [-0.05, 0) is 19.1 Å².